The first kappa shape index (κ1) is 35.3. The van der Waals surface area contributed by atoms with E-state index in [1.807, 2.05) is 0 Å². The first-order valence-corrected chi connectivity index (χ1v) is 12.6. The molecule has 8 N–H and O–H groups in total. The normalized spacial score (nSPS) is 12.4. The van der Waals surface area contributed by atoms with Crippen molar-refractivity contribution in [1.82, 2.24) is 16.0 Å². The van der Waals surface area contributed by atoms with Gasteiger partial charge >= 0.3 is 5.97 Å². The van der Waals surface area contributed by atoms with Crippen LogP contribution in [0, 0.1) is 0 Å². The van der Waals surface area contributed by atoms with Crippen molar-refractivity contribution >= 4 is 30.0 Å². The number of carbonyl (C=O) groups is 5. The van der Waals surface area contributed by atoms with Crippen molar-refractivity contribution in [3.63, 3.8) is 0 Å². The average Bonchev–Trinajstić information content (AvgIpc) is 2.89. The molecule has 38 heavy (non-hydrogen) atoms. The molecule has 0 aliphatic rings. The monoisotopic (exact) mass is 549 g/mol. The number of nitrogens with two attached hydrogens (primary N) is 2. The Morgan fingerprint density at radius 2 is 1.18 bits per heavy atom. The molecule has 0 aliphatic carbocycles. The molecule has 0 saturated heterocycles. The van der Waals surface area contributed by atoms with Gasteiger partial charge < -0.3 is 56.3 Å². The molecule has 0 aromatic carbocycles. The Morgan fingerprint density at radius 3 is 1.71 bits per heavy atom. The highest BCUT2D eigenvalue weighted by molar-refractivity contribution is 5.78. The Bertz CT molecular complexity index is 683. The number of carbonyl (C=O) groups excluding carboxylic acids is 4. The summed E-state index contributed by atoms with van der Waals surface area (Å²) >= 11 is 0. The third kappa shape index (κ3) is 23.7. The van der Waals surface area contributed by atoms with Crippen LogP contribution in [0.5, 0.6) is 0 Å². The van der Waals surface area contributed by atoms with Gasteiger partial charge in [0.2, 0.25) is 17.7 Å². The maximum absolute atomic E-state index is 11.7. The highest BCUT2D eigenvalue weighted by Crippen LogP contribution is 1.96. The largest absolute Gasteiger partial charge is 0.480 e. The highest BCUT2D eigenvalue weighted by atomic mass is 16.5. The minimum absolute atomic E-state index is 0.0201. The molecule has 0 radical (unpaired) electrons. The Balaban J connectivity index is 3.40. The molecule has 0 rings (SSSR count). The van der Waals surface area contributed by atoms with Crippen LogP contribution in [0.25, 0.3) is 0 Å². The van der Waals surface area contributed by atoms with Crippen molar-refractivity contribution in [2.75, 3.05) is 72.5 Å². The van der Waals surface area contributed by atoms with Crippen LogP contribution >= 0.6 is 0 Å². The van der Waals surface area contributed by atoms with E-state index in [1.54, 1.807) is 0 Å². The zero-order valence-corrected chi connectivity index (χ0v) is 21.8. The third-order valence-corrected chi connectivity index (χ3v) is 4.81. The number of hydrogen-bond acceptors (Lipinski definition) is 11. The number of ether oxygens (including phenoxy) is 4. The summed E-state index contributed by atoms with van der Waals surface area (Å²) in [6.07, 6.45) is 2.87. The third-order valence-electron chi connectivity index (χ3n) is 4.81. The second-order valence-corrected chi connectivity index (χ2v) is 8.16. The van der Waals surface area contributed by atoms with E-state index in [0.717, 1.165) is 12.8 Å². The number of aldehydes is 1. The lowest BCUT2D eigenvalue weighted by Crippen LogP contribution is -2.33. The highest BCUT2D eigenvalue weighted by Gasteiger charge is 2.13. The minimum Gasteiger partial charge on any atom is -0.480 e. The van der Waals surface area contributed by atoms with Gasteiger partial charge in [0.15, 0.2) is 0 Å². The molecular formula is C23H43N5O10. The summed E-state index contributed by atoms with van der Waals surface area (Å²) in [5, 5.41) is 16.6. The predicted octanol–water partition coefficient (Wildman–Crippen LogP) is -2.71. The second-order valence-electron chi connectivity index (χ2n) is 8.16. The number of amides is 3. The summed E-state index contributed by atoms with van der Waals surface area (Å²) < 4.78 is 21.0. The van der Waals surface area contributed by atoms with Crippen molar-refractivity contribution in [1.29, 1.82) is 0 Å². The number of nitrogens with one attached hydrogen (secondary N) is 3. The van der Waals surface area contributed by atoms with Gasteiger partial charge in [0, 0.05) is 26.1 Å². The topological polar surface area (TPSA) is 231 Å². The summed E-state index contributed by atoms with van der Waals surface area (Å²) in [6, 6.07) is -1.51. The van der Waals surface area contributed by atoms with Crippen LogP contribution in [0.4, 0.5) is 0 Å². The van der Waals surface area contributed by atoms with Gasteiger partial charge in [-0.05, 0) is 25.7 Å². The summed E-state index contributed by atoms with van der Waals surface area (Å²) in [5.41, 5.74) is 10.8. The number of carboxylic acids is 1. The summed E-state index contributed by atoms with van der Waals surface area (Å²) in [4.78, 5) is 55.8. The second kappa shape index (κ2) is 24.6. The zero-order valence-electron chi connectivity index (χ0n) is 21.8. The zero-order chi connectivity index (χ0) is 28.4. The number of hydrogen-bond donors (Lipinski definition) is 6. The van der Waals surface area contributed by atoms with E-state index in [1.165, 1.54) is 0 Å². The Kier molecular flexibility index (Phi) is 22.9. The van der Waals surface area contributed by atoms with E-state index >= 15 is 0 Å². The van der Waals surface area contributed by atoms with Crippen molar-refractivity contribution < 1.29 is 48.0 Å². The molecule has 0 unspecified atom stereocenters. The maximum atomic E-state index is 11.7. The fraction of sp³-hybridized carbons (Fsp3) is 0.783. The molecule has 0 saturated carbocycles. The molecular weight excluding hydrogens is 506 g/mol. The molecule has 0 aromatic rings. The van der Waals surface area contributed by atoms with Gasteiger partial charge in [0.25, 0.3) is 0 Å². The van der Waals surface area contributed by atoms with Gasteiger partial charge in [-0.1, -0.05) is 0 Å². The van der Waals surface area contributed by atoms with Crippen LogP contribution in [-0.2, 0) is 42.9 Å². The average molecular weight is 550 g/mol. The molecule has 15 heteroatoms. The smallest absolute Gasteiger partial charge is 0.320 e. The van der Waals surface area contributed by atoms with Crippen molar-refractivity contribution in [3.8, 4) is 0 Å². The quantitative estimate of drug-likeness (QED) is 0.0478. The van der Waals surface area contributed by atoms with Gasteiger partial charge in [-0.15, -0.1) is 0 Å². The van der Waals surface area contributed by atoms with E-state index in [0.29, 0.717) is 25.8 Å². The van der Waals surface area contributed by atoms with Gasteiger partial charge in [-0.25, -0.2) is 0 Å². The number of unbranched alkanes of at least 4 members (excludes halogenated alkanes) is 1. The number of rotatable bonds is 26. The van der Waals surface area contributed by atoms with E-state index in [-0.39, 0.29) is 90.0 Å². The van der Waals surface area contributed by atoms with E-state index in [4.69, 9.17) is 35.5 Å². The Morgan fingerprint density at radius 1 is 0.684 bits per heavy atom. The van der Waals surface area contributed by atoms with Gasteiger partial charge in [0.1, 0.15) is 25.5 Å². The molecule has 0 heterocycles. The van der Waals surface area contributed by atoms with E-state index in [9.17, 15) is 24.0 Å². The van der Waals surface area contributed by atoms with Crippen LogP contribution in [0.15, 0.2) is 0 Å². The van der Waals surface area contributed by atoms with Crippen LogP contribution in [0.3, 0.4) is 0 Å². The van der Waals surface area contributed by atoms with Crippen molar-refractivity contribution in [2.45, 2.75) is 44.2 Å². The van der Waals surface area contributed by atoms with Gasteiger partial charge in [-0.2, -0.15) is 0 Å². The standard InChI is InChI=1S/C23H43N5O10/c24-18(15-29)3-1-2-6-26-21(31)16-37-13-12-36-10-8-28-22(32)17-38-14-11-35-9-7-27-20(30)5-4-19(25)23(33)34/h15,18-19H,1-14,16-17,24-25H2,(H,26,31)(H,27,30)(H,28,32)(H,33,34)/t18-,19-/m0/s1. The van der Waals surface area contributed by atoms with Crippen molar-refractivity contribution in [2.24, 2.45) is 11.5 Å². The van der Waals surface area contributed by atoms with Crippen LogP contribution in [0.1, 0.15) is 32.1 Å². The van der Waals surface area contributed by atoms with E-state index in [2.05, 4.69) is 16.0 Å². The lowest BCUT2D eigenvalue weighted by atomic mass is 10.1. The molecule has 0 bridgehead atoms. The summed E-state index contributed by atoms with van der Waals surface area (Å²) in [5.74, 6) is -1.99. The molecule has 0 aliphatic heterocycles. The maximum Gasteiger partial charge on any atom is 0.320 e. The van der Waals surface area contributed by atoms with Crippen molar-refractivity contribution in [3.05, 3.63) is 0 Å². The van der Waals surface area contributed by atoms with Gasteiger partial charge in [0.05, 0.1) is 45.7 Å². The minimum atomic E-state index is -1.15. The first-order chi connectivity index (χ1) is 18.3. The SMILES string of the molecule is N[C@H](C=O)CCCCNC(=O)COCCOCCNC(=O)COCCOCCNC(=O)CC[C@H](N)C(=O)O. The predicted molar refractivity (Wildman–Crippen MR) is 135 cm³/mol. The molecule has 220 valence electrons. The summed E-state index contributed by atoms with van der Waals surface area (Å²) in [7, 11) is 0. The van der Waals surface area contributed by atoms with Gasteiger partial charge in [-0.3, -0.25) is 19.2 Å². The number of aliphatic carboxylic acids is 1. The molecule has 15 nitrogen and oxygen atoms in total. The lowest BCUT2D eigenvalue weighted by molar-refractivity contribution is -0.138. The van der Waals surface area contributed by atoms with E-state index < -0.39 is 18.1 Å². The van der Waals surface area contributed by atoms with Crippen LogP contribution in [-0.4, -0.2) is 120 Å². The molecule has 0 fully saturated rings. The fourth-order valence-corrected chi connectivity index (χ4v) is 2.70. The molecule has 0 aromatic heterocycles. The first-order valence-electron chi connectivity index (χ1n) is 12.6. The number of carboxylic acid groups (broad SMARTS) is 1. The fourth-order valence-electron chi connectivity index (χ4n) is 2.70. The Labute approximate surface area is 222 Å². The van der Waals surface area contributed by atoms with Crippen LogP contribution in [0.2, 0.25) is 0 Å². The lowest BCUT2D eigenvalue weighted by Gasteiger charge is -2.09. The molecule has 3 amide bonds. The Hall–Kier alpha value is -2.69. The molecule has 2 atom stereocenters. The summed E-state index contributed by atoms with van der Waals surface area (Å²) in [6.45, 7) is 2.32. The molecule has 0 spiro atoms. The van der Waals surface area contributed by atoms with Crippen LogP contribution < -0.4 is 27.4 Å².